The summed E-state index contributed by atoms with van der Waals surface area (Å²) in [4.78, 5) is 6.50. The highest BCUT2D eigenvalue weighted by Gasteiger charge is 2.14. The molecular formula is C16H18N2O. The molecule has 2 aromatic rings. The molecule has 3 rings (SSSR count). The first-order chi connectivity index (χ1) is 9.33. The molecule has 0 spiro atoms. The Morgan fingerprint density at radius 2 is 1.95 bits per heavy atom. The number of benzene rings is 1. The standard InChI is InChI=1S/C16H18N2O/c1-13-11-14(19-15-5-4-8-17-12-15)6-7-16(13)18-9-2-3-10-18/h4-8,11-12H,2-3,9-10H2,1H3. The number of ether oxygens (including phenoxy) is 1. The second kappa shape index (κ2) is 5.31. The van der Waals surface area contributed by atoms with Gasteiger partial charge >= 0.3 is 0 Å². The Kier molecular flexibility index (Phi) is 3.36. The van der Waals surface area contributed by atoms with E-state index in [9.17, 15) is 0 Å². The summed E-state index contributed by atoms with van der Waals surface area (Å²) < 4.78 is 5.80. The predicted octanol–water partition coefficient (Wildman–Crippen LogP) is 3.78. The van der Waals surface area contributed by atoms with Crippen LogP contribution in [0.1, 0.15) is 18.4 Å². The summed E-state index contributed by atoms with van der Waals surface area (Å²) in [5.41, 5.74) is 2.60. The van der Waals surface area contributed by atoms with E-state index in [0.29, 0.717) is 0 Å². The highest BCUT2D eigenvalue weighted by atomic mass is 16.5. The van der Waals surface area contributed by atoms with Gasteiger partial charge in [-0.15, -0.1) is 0 Å². The Bertz CT molecular complexity index is 548. The molecule has 1 saturated heterocycles. The number of hydrogen-bond donors (Lipinski definition) is 0. The highest BCUT2D eigenvalue weighted by molar-refractivity contribution is 5.56. The van der Waals surface area contributed by atoms with Gasteiger partial charge in [0.25, 0.3) is 0 Å². The lowest BCUT2D eigenvalue weighted by Gasteiger charge is -2.20. The van der Waals surface area contributed by atoms with Crippen LogP contribution in [-0.2, 0) is 0 Å². The zero-order valence-corrected chi connectivity index (χ0v) is 11.2. The maximum Gasteiger partial charge on any atom is 0.145 e. The Labute approximate surface area is 113 Å². The fourth-order valence-electron chi connectivity index (χ4n) is 2.55. The smallest absolute Gasteiger partial charge is 0.145 e. The Morgan fingerprint density at radius 3 is 2.63 bits per heavy atom. The molecule has 0 saturated carbocycles. The van der Waals surface area contributed by atoms with E-state index in [1.165, 1.54) is 37.2 Å². The largest absolute Gasteiger partial charge is 0.456 e. The van der Waals surface area contributed by atoms with Crippen LogP contribution < -0.4 is 9.64 Å². The fraction of sp³-hybridized carbons (Fsp3) is 0.312. The summed E-state index contributed by atoms with van der Waals surface area (Å²) >= 11 is 0. The minimum Gasteiger partial charge on any atom is -0.456 e. The number of aryl methyl sites for hydroxylation is 1. The number of rotatable bonds is 3. The predicted molar refractivity (Wildman–Crippen MR) is 76.9 cm³/mol. The minimum atomic E-state index is 0.774. The summed E-state index contributed by atoms with van der Waals surface area (Å²) in [7, 11) is 0. The van der Waals surface area contributed by atoms with E-state index in [-0.39, 0.29) is 0 Å². The Morgan fingerprint density at radius 1 is 1.11 bits per heavy atom. The Hall–Kier alpha value is -2.03. The summed E-state index contributed by atoms with van der Waals surface area (Å²) in [5.74, 6) is 1.64. The number of hydrogen-bond acceptors (Lipinski definition) is 3. The number of pyridine rings is 1. The van der Waals surface area contributed by atoms with Gasteiger partial charge in [-0.05, 0) is 55.7 Å². The molecule has 0 amide bonds. The molecule has 1 aliphatic rings. The van der Waals surface area contributed by atoms with Gasteiger partial charge in [0.1, 0.15) is 11.5 Å². The SMILES string of the molecule is Cc1cc(Oc2cccnc2)ccc1N1CCCC1. The third-order valence-electron chi connectivity index (χ3n) is 3.49. The van der Waals surface area contributed by atoms with E-state index in [0.717, 1.165) is 11.5 Å². The van der Waals surface area contributed by atoms with Crippen LogP contribution in [0.2, 0.25) is 0 Å². The van der Waals surface area contributed by atoms with Crippen LogP contribution in [0.25, 0.3) is 0 Å². The van der Waals surface area contributed by atoms with Gasteiger partial charge in [0.2, 0.25) is 0 Å². The van der Waals surface area contributed by atoms with E-state index < -0.39 is 0 Å². The van der Waals surface area contributed by atoms with Gasteiger partial charge in [-0.25, -0.2) is 0 Å². The van der Waals surface area contributed by atoms with Crippen LogP contribution in [-0.4, -0.2) is 18.1 Å². The molecule has 0 aliphatic carbocycles. The van der Waals surface area contributed by atoms with Crippen LogP contribution in [0.15, 0.2) is 42.7 Å². The molecule has 0 unspecified atom stereocenters. The quantitative estimate of drug-likeness (QED) is 0.833. The number of anilines is 1. The van der Waals surface area contributed by atoms with Gasteiger partial charge in [0, 0.05) is 25.0 Å². The summed E-state index contributed by atoms with van der Waals surface area (Å²) in [6.45, 7) is 4.48. The monoisotopic (exact) mass is 254 g/mol. The van der Waals surface area contributed by atoms with Crippen molar-refractivity contribution in [2.24, 2.45) is 0 Å². The zero-order chi connectivity index (χ0) is 13.1. The summed E-state index contributed by atoms with van der Waals surface area (Å²) in [5, 5.41) is 0. The van der Waals surface area contributed by atoms with Crippen molar-refractivity contribution in [1.82, 2.24) is 4.98 Å². The molecule has 0 radical (unpaired) electrons. The lowest BCUT2D eigenvalue weighted by molar-refractivity contribution is 0.480. The van der Waals surface area contributed by atoms with Crippen molar-refractivity contribution in [3.05, 3.63) is 48.3 Å². The average molecular weight is 254 g/mol. The topological polar surface area (TPSA) is 25.4 Å². The van der Waals surface area contributed by atoms with Gasteiger partial charge < -0.3 is 9.64 Å². The molecule has 19 heavy (non-hydrogen) atoms. The van der Waals surface area contributed by atoms with Crippen molar-refractivity contribution < 1.29 is 4.74 Å². The molecule has 0 atom stereocenters. The molecule has 1 aromatic heterocycles. The molecule has 3 heteroatoms. The third-order valence-corrected chi connectivity index (χ3v) is 3.49. The average Bonchev–Trinajstić information content (AvgIpc) is 2.94. The van der Waals surface area contributed by atoms with Crippen LogP contribution in [0.5, 0.6) is 11.5 Å². The van der Waals surface area contributed by atoms with Crippen LogP contribution in [0, 0.1) is 6.92 Å². The zero-order valence-electron chi connectivity index (χ0n) is 11.2. The molecule has 3 nitrogen and oxygen atoms in total. The maximum absolute atomic E-state index is 5.80. The van der Waals surface area contributed by atoms with Crippen molar-refractivity contribution in [2.75, 3.05) is 18.0 Å². The number of aromatic nitrogens is 1. The number of nitrogens with zero attached hydrogens (tertiary/aromatic N) is 2. The molecule has 0 N–H and O–H groups in total. The lowest BCUT2D eigenvalue weighted by atomic mass is 10.1. The van der Waals surface area contributed by atoms with Crippen LogP contribution >= 0.6 is 0 Å². The molecule has 1 aliphatic heterocycles. The third kappa shape index (κ3) is 2.70. The second-order valence-corrected chi connectivity index (χ2v) is 4.93. The molecule has 98 valence electrons. The van der Waals surface area contributed by atoms with E-state index in [1.807, 2.05) is 18.2 Å². The van der Waals surface area contributed by atoms with Gasteiger partial charge in [0.15, 0.2) is 0 Å². The molecular weight excluding hydrogens is 236 g/mol. The first-order valence-corrected chi connectivity index (χ1v) is 6.76. The van der Waals surface area contributed by atoms with Gasteiger partial charge in [-0.3, -0.25) is 4.98 Å². The van der Waals surface area contributed by atoms with E-state index in [1.54, 1.807) is 12.4 Å². The van der Waals surface area contributed by atoms with Crippen molar-refractivity contribution in [3.63, 3.8) is 0 Å². The second-order valence-electron chi connectivity index (χ2n) is 4.93. The van der Waals surface area contributed by atoms with Crippen molar-refractivity contribution in [1.29, 1.82) is 0 Å². The minimum absolute atomic E-state index is 0.774. The fourth-order valence-corrected chi connectivity index (χ4v) is 2.55. The van der Waals surface area contributed by atoms with Gasteiger partial charge in [-0.1, -0.05) is 0 Å². The summed E-state index contributed by atoms with van der Waals surface area (Å²) in [6.07, 6.45) is 6.07. The Balaban J connectivity index is 1.79. The van der Waals surface area contributed by atoms with Crippen LogP contribution in [0.4, 0.5) is 5.69 Å². The summed E-state index contributed by atoms with van der Waals surface area (Å²) in [6, 6.07) is 10.1. The van der Waals surface area contributed by atoms with Crippen molar-refractivity contribution in [3.8, 4) is 11.5 Å². The van der Waals surface area contributed by atoms with Gasteiger partial charge in [0.05, 0.1) is 6.20 Å². The van der Waals surface area contributed by atoms with Crippen molar-refractivity contribution >= 4 is 5.69 Å². The van der Waals surface area contributed by atoms with Crippen molar-refractivity contribution in [2.45, 2.75) is 19.8 Å². The first-order valence-electron chi connectivity index (χ1n) is 6.76. The normalized spacial score (nSPS) is 14.7. The maximum atomic E-state index is 5.80. The first kappa shape index (κ1) is 12.0. The lowest BCUT2D eigenvalue weighted by Crippen LogP contribution is -2.18. The molecule has 1 fully saturated rings. The van der Waals surface area contributed by atoms with E-state index >= 15 is 0 Å². The highest BCUT2D eigenvalue weighted by Crippen LogP contribution is 2.29. The van der Waals surface area contributed by atoms with E-state index in [2.05, 4.69) is 28.9 Å². The van der Waals surface area contributed by atoms with Crippen LogP contribution in [0.3, 0.4) is 0 Å². The molecule has 2 heterocycles. The molecule has 0 bridgehead atoms. The van der Waals surface area contributed by atoms with Gasteiger partial charge in [-0.2, -0.15) is 0 Å². The molecule has 1 aromatic carbocycles. The van der Waals surface area contributed by atoms with E-state index in [4.69, 9.17) is 4.74 Å².